The van der Waals surface area contributed by atoms with Crippen molar-refractivity contribution < 1.29 is 14.3 Å². The number of carbonyl (C=O) groups is 1. The second-order valence-electron chi connectivity index (χ2n) is 6.02. The van der Waals surface area contributed by atoms with Gasteiger partial charge in [-0.1, -0.05) is 12.1 Å². The zero-order valence-corrected chi connectivity index (χ0v) is 14.6. The Morgan fingerprint density at radius 3 is 2.74 bits per heavy atom. The van der Waals surface area contributed by atoms with E-state index in [2.05, 4.69) is 5.32 Å². The monoisotopic (exact) mass is 342 g/mol. The van der Waals surface area contributed by atoms with Gasteiger partial charge in [0.15, 0.2) is 0 Å². The molecular formula is C17H27ClN2O3. The van der Waals surface area contributed by atoms with Gasteiger partial charge < -0.3 is 20.5 Å². The molecule has 0 radical (unpaired) electrons. The summed E-state index contributed by atoms with van der Waals surface area (Å²) >= 11 is 0. The molecule has 1 heterocycles. The van der Waals surface area contributed by atoms with Gasteiger partial charge in [0.05, 0.1) is 18.8 Å². The zero-order chi connectivity index (χ0) is 15.9. The molecule has 23 heavy (non-hydrogen) atoms. The van der Waals surface area contributed by atoms with Gasteiger partial charge in [0.1, 0.15) is 0 Å². The van der Waals surface area contributed by atoms with E-state index in [-0.39, 0.29) is 30.3 Å². The van der Waals surface area contributed by atoms with Crippen LogP contribution in [0, 0.1) is 5.92 Å². The third-order valence-corrected chi connectivity index (χ3v) is 3.85. The first-order chi connectivity index (χ1) is 10.6. The van der Waals surface area contributed by atoms with E-state index < -0.39 is 6.04 Å². The topological polar surface area (TPSA) is 73.6 Å². The molecule has 0 aromatic heterocycles. The number of carbonyl (C=O) groups excluding carboxylic acids is 1. The van der Waals surface area contributed by atoms with E-state index in [0.717, 1.165) is 24.1 Å². The van der Waals surface area contributed by atoms with Gasteiger partial charge in [0, 0.05) is 18.9 Å². The molecule has 1 aromatic carbocycles. The summed E-state index contributed by atoms with van der Waals surface area (Å²) < 4.78 is 10.9. The van der Waals surface area contributed by atoms with Crippen molar-refractivity contribution in [2.45, 2.75) is 45.4 Å². The molecule has 1 saturated heterocycles. The van der Waals surface area contributed by atoms with Crippen molar-refractivity contribution in [3.63, 3.8) is 0 Å². The minimum absolute atomic E-state index is 0. The summed E-state index contributed by atoms with van der Waals surface area (Å²) in [7, 11) is 0. The van der Waals surface area contributed by atoms with Crippen LogP contribution in [0.5, 0.6) is 0 Å². The van der Waals surface area contributed by atoms with E-state index in [1.807, 2.05) is 38.1 Å². The second-order valence-corrected chi connectivity index (χ2v) is 6.02. The number of nitrogens with one attached hydrogen (secondary N) is 1. The molecule has 0 aliphatic carbocycles. The normalized spacial score (nSPS) is 16.7. The fraction of sp³-hybridized carbons (Fsp3) is 0.588. The fourth-order valence-corrected chi connectivity index (χ4v) is 2.52. The Bertz CT molecular complexity index is 490. The largest absolute Gasteiger partial charge is 0.381 e. The highest BCUT2D eigenvalue weighted by Gasteiger charge is 2.26. The van der Waals surface area contributed by atoms with E-state index in [4.69, 9.17) is 15.2 Å². The van der Waals surface area contributed by atoms with Gasteiger partial charge in [0.2, 0.25) is 5.91 Å². The summed E-state index contributed by atoms with van der Waals surface area (Å²) in [5.74, 6) is 0.0648. The van der Waals surface area contributed by atoms with E-state index in [9.17, 15) is 4.79 Å². The van der Waals surface area contributed by atoms with Crippen LogP contribution in [0.1, 0.15) is 32.3 Å². The predicted molar refractivity (Wildman–Crippen MR) is 93.8 cm³/mol. The van der Waals surface area contributed by atoms with Gasteiger partial charge in [-0.05, 0) is 50.3 Å². The molecule has 1 fully saturated rings. The molecule has 3 N–H and O–H groups in total. The van der Waals surface area contributed by atoms with Crippen molar-refractivity contribution in [2.75, 3.05) is 18.5 Å². The lowest BCUT2D eigenvalue weighted by atomic mass is 9.92. The molecule has 1 aliphatic rings. The van der Waals surface area contributed by atoms with Crippen LogP contribution in [-0.2, 0) is 20.9 Å². The highest BCUT2D eigenvalue weighted by atomic mass is 35.5. The molecule has 2 rings (SSSR count). The van der Waals surface area contributed by atoms with Gasteiger partial charge >= 0.3 is 0 Å². The molecule has 1 atom stereocenters. The number of hydrogen-bond acceptors (Lipinski definition) is 4. The number of rotatable bonds is 6. The van der Waals surface area contributed by atoms with Crippen molar-refractivity contribution in [1.82, 2.24) is 0 Å². The fourth-order valence-electron chi connectivity index (χ4n) is 2.52. The third-order valence-electron chi connectivity index (χ3n) is 3.85. The van der Waals surface area contributed by atoms with Crippen LogP contribution >= 0.6 is 12.4 Å². The highest BCUT2D eigenvalue weighted by Crippen LogP contribution is 2.19. The summed E-state index contributed by atoms with van der Waals surface area (Å²) in [6.07, 6.45) is 1.87. The Balaban J connectivity index is 0.00000264. The Kier molecular flexibility index (Phi) is 8.55. The van der Waals surface area contributed by atoms with E-state index in [1.54, 1.807) is 0 Å². The average Bonchev–Trinajstić information content (AvgIpc) is 2.53. The molecule has 5 nitrogen and oxygen atoms in total. The molecule has 1 unspecified atom stereocenters. The van der Waals surface area contributed by atoms with Crippen LogP contribution < -0.4 is 11.1 Å². The number of benzene rings is 1. The SMILES string of the molecule is CC(C)OCc1cccc(NC(=O)C(N)C2CCOCC2)c1.Cl. The van der Waals surface area contributed by atoms with Gasteiger partial charge in [-0.15, -0.1) is 12.4 Å². The summed E-state index contributed by atoms with van der Waals surface area (Å²) in [5.41, 5.74) is 7.88. The maximum absolute atomic E-state index is 12.3. The standard InChI is InChI=1S/C17H26N2O3.ClH/c1-12(2)22-11-13-4-3-5-15(10-13)19-17(20)16(18)14-6-8-21-9-7-14;/h3-5,10,12,14,16H,6-9,11,18H2,1-2H3,(H,19,20);1H. The zero-order valence-electron chi connectivity index (χ0n) is 13.8. The maximum atomic E-state index is 12.3. The molecule has 1 aromatic rings. The molecule has 0 saturated carbocycles. The van der Waals surface area contributed by atoms with Crippen molar-refractivity contribution >= 4 is 24.0 Å². The van der Waals surface area contributed by atoms with Crippen LogP contribution in [0.25, 0.3) is 0 Å². The first-order valence-electron chi connectivity index (χ1n) is 7.91. The Hall–Kier alpha value is -1.14. The van der Waals surface area contributed by atoms with E-state index in [0.29, 0.717) is 19.8 Å². The highest BCUT2D eigenvalue weighted by molar-refractivity contribution is 5.94. The molecule has 0 spiro atoms. The summed E-state index contributed by atoms with van der Waals surface area (Å²) in [4.78, 5) is 12.3. The van der Waals surface area contributed by atoms with Crippen LogP contribution in [0.4, 0.5) is 5.69 Å². The van der Waals surface area contributed by atoms with Crippen molar-refractivity contribution in [3.05, 3.63) is 29.8 Å². The Morgan fingerprint density at radius 1 is 1.39 bits per heavy atom. The van der Waals surface area contributed by atoms with Crippen molar-refractivity contribution in [3.8, 4) is 0 Å². The third kappa shape index (κ3) is 6.47. The number of hydrogen-bond donors (Lipinski definition) is 2. The smallest absolute Gasteiger partial charge is 0.241 e. The Labute approximate surface area is 144 Å². The van der Waals surface area contributed by atoms with E-state index in [1.165, 1.54) is 0 Å². The van der Waals surface area contributed by atoms with Crippen molar-refractivity contribution in [1.29, 1.82) is 0 Å². The average molecular weight is 343 g/mol. The lowest BCUT2D eigenvalue weighted by molar-refractivity contribution is -0.119. The van der Waals surface area contributed by atoms with Crippen LogP contribution in [0.15, 0.2) is 24.3 Å². The van der Waals surface area contributed by atoms with Crippen LogP contribution in [0.2, 0.25) is 0 Å². The van der Waals surface area contributed by atoms with Gasteiger partial charge in [-0.2, -0.15) is 0 Å². The van der Waals surface area contributed by atoms with E-state index >= 15 is 0 Å². The quantitative estimate of drug-likeness (QED) is 0.833. The maximum Gasteiger partial charge on any atom is 0.241 e. The summed E-state index contributed by atoms with van der Waals surface area (Å²) in [5, 5.41) is 2.91. The first kappa shape index (κ1) is 19.9. The first-order valence-corrected chi connectivity index (χ1v) is 7.91. The van der Waals surface area contributed by atoms with Gasteiger partial charge in [0.25, 0.3) is 0 Å². The molecule has 6 heteroatoms. The minimum Gasteiger partial charge on any atom is -0.381 e. The predicted octanol–water partition coefficient (Wildman–Crippen LogP) is 2.73. The molecule has 1 aliphatic heterocycles. The second kappa shape index (κ2) is 9.88. The van der Waals surface area contributed by atoms with Crippen molar-refractivity contribution in [2.24, 2.45) is 11.7 Å². The number of amides is 1. The molecular weight excluding hydrogens is 316 g/mol. The van der Waals surface area contributed by atoms with Crippen LogP contribution in [-0.4, -0.2) is 31.3 Å². The summed E-state index contributed by atoms with van der Waals surface area (Å²) in [6, 6.07) is 7.20. The number of anilines is 1. The van der Waals surface area contributed by atoms with Gasteiger partial charge in [-0.3, -0.25) is 4.79 Å². The lowest BCUT2D eigenvalue weighted by Gasteiger charge is -2.26. The Morgan fingerprint density at radius 2 is 2.09 bits per heavy atom. The number of ether oxygens (including phenoxy) is 2. The minimum atomic E-state index is -0.487. The lowest BCUT2D eigenvalue weighted by Crippen LogP contribution is -2.44. The van der Waals surface area contributed by atoms with Crippen LogP contribution in [0.3, 0.4) is 0 Å². The molecule has 130 valence electrons. The summed E-state index contributed by atoms with van der Waals surface area (Å²) in [6.45, 7) is 5.91. The number of halogens is 1. The molecule has 1 amide bonds. The molecule has 0 bridgehead atoms. The number of nitrogens with two attached hydrogens (primary N) is 1. The van der Waals surface area contributed by atoms with Gasteiger partial charge in [-0.25, -0.2) is 0 Å².